The highest BCUT2D eigenvalue weighted by Crippen LogP contribution is 2.28. The summed E-state index contributed by atoms with van der Waals surface area (Å²) < 4.78 is 1.74. The maximum absolute atomic E-state index is 6.11. The fourth-order valence-corrected chi connectivity index (χ4v) is 2.30. The lowest BCUT2D eigenvalue weighted by Gasteiger charge is -2.11. The molecular formula is C12H13ClN4S. The topological polar surface area (TPSA) is 55.9 Å². The van der Waals surface area contributed by atoms with E-state index in [2.05, 4.69) is 10.4 Å². The van der Waals surface area contributed by atoms with Crippen molar-refractivity contribution in [2.45, 2.75) is 6.92 Å². The molecule has 4 nitrogen and oxygen atoms in total. The lowest BCUT2D eigenvalue weighted by Crippen LogP contribution is -2.12. The van der Waals surface area contributed by atoms with Gasteiger partial charge >= 0.3 is 0 Å². The van der Waals surface area contributed by atoms with Crippen LogP contribution in [0.3, 0.4) is 0 Å². The van der Waals surface area contributed by atoms with Gasteiger partial charge in [0.15, 0.2) is 0 Å². The van der Waals surface area contributed by atoms with Gasteiger partial charge in [0, 0.05) is 13.2 Å². The molecule has 0 amide bonds. The zero-order valence-electron chi connectivity index (χ0n) is 10.1. The SMILES string of the molecule is Cc1nn(C)cc1Nc1cccc(Cl)c1C(N)=S. The molecule has 0 saturated carbocycles. The van der Waals surface area contributed by atoms with Crippen LogP contribution in [-0.4, -0.2) is 14.8 Å². The van der Waals surface area contributed by atoms with E-state index < -0.39 is 0 Å². The van der Waals surface area contributed by atoms with Crippen molar-refractivity contribution in [3.63, 3.8) is 0 Å². The van der Waals surface area contributed by atoms with Gasteiger partial charge in [0.2, 0.25) is 0 Å². The first-order chi connectivity index (χ1) is 8.49. The van der Waals surface area contributed by atoms with Crippen LogP contribution in [0, 0.1) is 6.92 Å². The minimum atomic E-state index is 0.268. The summed E-state index contributed by atoms with van der Waals surface area (Å²) in [5, 5.41) is 8.05. The third-order valence-corrected chi connectivity index (χ3v) is 3.06. The maximum Gasteiger partial charge on any atom is 0.107 e. The van der Waals surface area contributed by atoms with E-state index in [1.54, 1.807) is 10.7 Å². The van der Waals surface area contributed by atoms with Gasteiger partial charge in [-0.3, -0.25) is 4.68 Å². The van der Waals surface area contributed by atoms with Gasteiger partial charge in [-0.2, -0.15) is 5.10 Å². The molecular weight excluding hydrogens is 268 g/mol. The number of nitrogens with two attached hydrogens (primary N) is 1. The molecule has 0 fully saturated rings. The number of rotatable bonds is 3. The molecule has 18 heavy (non-hydrogen) atoms. The first-order valence-electron chi connectivity index (χ1n) is 5.34. The zero-order valence-corrected chi connectivity index (χ0v) is 11.6. The van der Waals surface area contributed by atoms with E-state index in [4.69, 9.17) is 29.6 Å². The first-order valence-corrected chi connectivity index (χ1v) is 6.13. The molecule has 0 bridgehead atoms. The standard InChI is InChI=1S/C12H13ClN4S/c1-7-10(6-17(2)16-7)15-9-5-3-4-8(13)11(9)12(14)18/h3-6,15H,1-2H3,(H2,14,18). The number of hydrogen-bond acceptors (Lipinski definition) is 3. The summed E-state index contributed by atoms with van der Waals surface area (Å²) in [5.41, 5.74) is 8.93. The minimum Gasteiger partial charge on any atom is -0.389 e. The average Bonchev–Trinajstić information content (AvgIpc) is 2.57. The zero-order chi connectivity index (χ0) is 13.3. The molecule has 0 atom stereocenters. The highest BCUT2D eigenvalue weighted by atomic mass is 35.5. The minimum absolute atomic E-state index is 0.268. The number of thiocarbonyl (C=S) groups is 1. The van der Waals surface area contributed by atoms with E-state index in [-0.39, 0.29) is 4.99 Å². The number of aromatic nitrogens is 2. The molecule has 1 aromatic carbocycles. The molecule has 6 heteroatoms. The molecule has 0 spiro atoms. The van der Waals surface area contributed by atoms with Crippen molar-refractivity contribution in [2.75, 3.05) is 5.32 Å². The monoisotopic (exact) mass is 280 g/mol. The second-order valence-electron chi connectivity index (χ2n) is 3.95. The van der Waals surface area contributed by atoms with Gasteiger partial charge in [-0.25, -0.2) is 0 Å². The Morgan fingerprint density at radius 1 is 1.44 bits per heavy atom. The number of halogens is 1. The average molecular weight is 281 g/mol. The van der Waals surface area contributed by atoms with Gasteiger partial charge in [-0.15, -0.1) is 0 Å². The smallest absolute Gasteiger partial charge is 0.107 e. The lowest BCUT2D eigenvalue weighted by molar-refractivity contribution is 0.756. The summed E-state index contributed by atoms with van der Waals surface area (Å²) in [5.74, 6) is 0. The van der Waals surface area contributed by atoms with E-state index in [1.807, 2.05) is 32.3 Å². The Morgan fingerprint density at radius 2 is 2.17 bits per heavy atom. The molecule has 0 aliphatic carbocycles. The number of nitrogens with zero attached hydrogens (tertiary/aromatic N) is 2. The summed E-state index contributed by atoms with van der Waals surface area (Å²) in [6.45, 7) is 1.92. The van der Waals surface area contributed by atoms with Gasteiger partial charge in [0.1, 0.15) is 4.99 Å². The van der Waals surface area contributed by atoms with E-state index in [0.717, 1.165) is 17.1 Å². The molecule has 0 aliphatic rings. The van der Waals surface area contributed by atoms with E-state index >= 15 is 0 Å². The lowest BCUT2D eigenvalue weighted by atomic mass is 10.1. The van der Waals surface area contributed by atoms with Crippen LogP contribution in [0.15, 0.2) is 24.4 Å². The van der Waals surface area contributed by atoms with Crippen LogP contribution in [-0.2, 0) is 7.05 Å². The summed E-state index contributed by atoms with van der Waals surface area (Å²) in [6.07, 6.45) is 1.89. The molecule has 2 rings (SSSR count). The van der Waals surface area contributed by atoms with Crippen LogP contribution < -0.4 is 11.1 Å². The largest absolute Gasteiger partial charge is 0.389 e. The second kappa shape index (κ2) is 4.96. The predicted octanol–water partition coefficient (Wildman–Crippen LogP) is 2.76. The quantitative estimate of drug-likeness (QED) is 0.849. The molecule has 0 aliphatic heterocycles. The molecule has 3 N–H and O–H groups in total. The third-order valence-electron chi connectivity index (χ3n) is 2.54. The van der Waals surface area contributed by atoms with Crippen molar-refractivity contribution < 1.29 is 0 Å². The van der Waals surface area contributed by atoms with Gasteiger partial charge in [0.05, 0.1) is 27.7 Å². The van der Waals surface area contributed by atoms with Crippen molar-refractivity contribution in [1.29, 1.82) is 0 Å². The van der Waals surface area contributed by atoms with Gasteiger partial charge in [-0.1, -0.05) is 29.9 Å². The highest BCUT2D eigenvalue weighted by Gasteiger charge is 2.11. The Labute approximate surface area is 116 Å². The summed E-state index contributed by atoms with van der Waals surface area (Å²) >= 11 is 11.1. The summed E-state index contributed by atoms with van der Waals surface area (Å²) in [7, 11) is 1.87. The van der Waals surface area contributed by atoms with Crippen LogP contribution in [0.5, 0.6) is 0 Å². The van der Waals surface area contributed by atoms with E-state index in [1.165, 1.54) is 0 Å². The fraction of sp³-hybridized carbons (Fsp3) is 0.167. The van der Waals surface area contributed by atoms with Gasteiger partial charge < -0.3 is 11.1 Å². The van der Waals surface area contributed by atoms with Crippen molar-refractivity contribution >= 4 is 40.2 Å². The van der Waals surface area contributed by atoms with Crippen LogP contribution in [0.1, 0.15) is 11.3 Å². The predicted molar refractivity (Wildman–Crippen MR) is 78.6 cm³/mol. The summed E-state index contributed by atoms with van der Waals surface area (Å²) in [6, 6.07) is 5.49. The Bertz CT molecular complexity index is 606. The number of benzene rings is 1. The molecule has 1 heterocycles. The number of anilines is 2. The van der Waals surface area contributed by atoms with Crippen LogP contribution in [0.4, 0.5) is 11.4 Å². The third kappa shape index (κ3) is 2.47. The van der Waals surface area contributed by atoms with E-state index in [9.17, 15) is 0 Å². The number of hydrogen-bond donors (Lipinski definition) is 2. The molecule has 0 saturated heterocycles. The molecule has 0 radical (unpaired) electrons. The molecule has 1 aromatic heterocycles. The Balaban J connectivity index is 2.43. The van der Waals surface area contributed by atoms with Crippen molar-refractivity contribution in [3.8, 4) is 0 Å². The molecule has 94 valence electrons. The van der Waals surface area contributed by atoms with Crippen LogP contribution in [0.2, 0.25) is 5.02 Å². The van der Waals surface area contributed by atoms with Crippen molar-refractivity contribution in [1.82, 2.24) is 9.78 Å². The van der Waals surface area contributed by atoms with Crippen molar-refractivity contribution in [3.05, 3.63) is 40.7 Å². The molecule has 2 aromatic rings. The Hall–Kier alpha value is -1.59. The summed E-state index contributed by atoms with van der Waals surface area (Å²) in [4.78, 5) is 0.268. The Kier molecular flexibility index (Phi) is 3.54. The highest BCUT2D eigenvalue weighted by molar-refractivity contribution is 7.80. The van der Waals surface area contributed by atoms with Gasteiger partial charge in [-0.05, 0) is 19.1 Å². The van der Waals surface area contributed by atoms with E-state index in [0.29, 0.717) is 10.6 Å². The van der Waals surface area contributed by atoms with Gasteiger partial charge in [0.25, 0.3) is 0 Å². The normalized spacial score (nSPS) is 10.4. The second-order valence-corrected chi connectivity index (χ2v) is 4.80. The number of nitrogens with one attached hydrogen (secondary N) is 1. The van der Waals surface area contributed by atoms with Crippen LogP contribution >= 0.6 is 23.8 Å². The van der Waals surface area contributed by atoms with Crippen molar-refractivity contribution in [2.24, 2.45) is 12.8 Å². The first kappa shape index (κ1) is 12.9. The Morgan fingerprint density at radius 3 is 2.72 bits per heavy atom. The molecule has 0 unspecified atom stereocenters. The fourth-order valence-electron chi connectivity index (χ4n) is 1.75. The number of aryl methyl sites for hydroxylation is 2. The maximum atomic E-state index is 6.11. The van der Waals surface area contributed by atoms with Crippen LogP contribution in [0.25, 0.3) is 0 Å².